The van der Waals surface area contributed by atoms with E-state index in [0.717, 1.165) is 0 Å². The molecule has 0 bridgehead atoms. The maximum atomic E-state index is 13.5. The first-order chi connectivity index (χ1) is 17.9. The molecule has 0 rings (SSSR count). The standard InChI is InChI=1S/C14HF27O2/c15-2(16,1(42)43)3(17,18)4(19,20)5(21,22)6(23,24)7(25,26)8(27,28)9(29,30)10(31,32)11(33,34)12(35,36)13(37,38)14(39,40)41/h(H,42,43)/p-1. The molecule has 43 heavy (non-hydrogen) atoms. The van der Waals surface area contributed by atoms with Crippen LogP contribution in [0.4, 0.5) is 119 Å². The van der Waals surface area contributed by atoms with E-state index in [1.54, 1.807) is 0 Å². The molecule has 0 aromatic rings. The van der Waals surface area contributed by atoms with Gasteiger partial charge in [0.2, 0.25) is 0 Å². The quantitative estimate of drug-likeness (QED) is 0.206. The van der Waals surface area contributed by atoms with Gasteiger partial charge in [0.25, 0.3) is 0 Å². The molecule has 0 aliphatic carbocycles. The Balaban J connectivity index is 7.49. The summed E-state index contributed by atoms with van der Waals surface area (Å²) in [7, 11) is 0. The lowest BCUT2D eigenvalue weighted by Gasteiger charge is -2.46. The second kappa shape index (κ2) is 9.54. The molecule has 29 heteroatoms. The fourth-order valence-corrected chi connectivity index (χ4v) is 2.28. The number of hydrogen-bond donors (Lipinski definition) is 0. The van der Waals surface area contributed by atoms with Crippen molar-refractivity contribution in [3.63, 3.8) is 0 Å². The second-order valence-electron chi connectivity index (χ2n) is 7.68. The average Bonchev–Trinajstić information content (AvgIpc) is 2.76. The molecule has 0 saturated heterocycles. The molecule has 0 amide bonds. The van der Waals surface area contributed by atoms with Crippen molar-refractivity contribution in [2.45, 2.75) is 77.2 Å². The zero-order valence-electron chi connectivity index (χ0n) is 18.0. The number of carboxylic acids is 1. The van der Waals surface area contributed by atoms with Crippen LogP contribution < -0.4 is 5.11 Å². The molecule has 0 unspecified atom stereocenters. The highest BCUT2D eigenvalue weighted by molar-refractivity contribution is 5.75. The van der Waals surface area contributed by atoms with Crippen LogP contribution in [0.2, 0.25) is 0 Å². The average molecular weight is 713 g/mol. The summed E-state index contributed by atoms with van der Waals surface area (Å²) in [4.78, 5) is 9.78. The number of halogens is 27. The maximum absolute atomic E-state index is 13.5. The molecule has 0 aliphatic rings. The SMILES string of the molecule is O=C([O-])C(F)(F)C(F)(F)C(F)(F)C(F)(F)C(F)(F)C(F)(F)C(F)(F)C(F)(F)C(F)(F)C(F)(F)C(F)(F)C(F)(F)C(F)(F)F. The first-order valence-corrected chi connectivity index (χ1v) is 8.76. The molecule has 0 fully saturated rings. The zero-order chi connectivity index (χ0) is 36.1. The van der Waals surface area contributed by atoms with E-state index in [1.165, 1.54) is 0 Å². The van der Waals surface area contributed by atoms with Crippen LogP contribution >= 0.6 is 0 Å². The third kappa shape index (κ3) is 4.49. The van der Waals surface area contributed by atoms with Crippen molar-refractivity contribution in [3.8, 4) is 0 Å². The summed E-state index contributed by atoms with van der Waals surface area (Å²) in [5.74, 6) is -117. The van der Waals surface area contributed by atoms with Gasteiger partial charge in [-0.2, -0.15) is 119 Å². The summed E-state index contributed by atoms with van der Waals surface area (Å²) >= 11 is 0. The van der Waals surface area contributed by atoms with Crippen molar-refractivity contribution in [2.24, 2.45) is 0 Å². The van der Waals surface area contributed by atoms with E-state index in [2.05, 4.69) is 0 Å². The smallest absolute Gasteiger partial charge is 0.460 e. The molecule has 258 valence electrons. The predicted octanol–water partition coefficient (Wildman–Crippen LogP) is 6.92. The van der Waals surface area contributed by atoms with Gasteiger partial charge in [-0.25, -0.2) is 0 Å². The molecule has 2 nitrogen and oxygen atoms in total. The number of carbonyl (C=O) groups is 1. The predicted molar refractivity (Wildman–Crippen MR) is 70.4 cm³/mol. The highest BCUT2D eigenvalue weighted by atomic mass is 19.4. The lowest BCUT2D eigenvalue weighted by Crippen LogP contribution is -2.79. The third-order valence-corrected chi connectivity index (χ3v) is 4.95. The van der Waals surface area contributed by atoms with Crippen LogP contribution in [0.3, 0.4) is 0 Å². The van der Waals surface area contributed by atoms with Gasteiger partial charge in [0.05, 0.1) is 0 Å². The van der Waals surface area contributed by atoms with E-state index in [1.807, 2.05) is 0 Å². The highest BCUT2D eigenvalue weighted by Gasteiger charge is 3.00. The summed E-state index contributed by atoms with van der Waals surface area (Å²) in [6.07, 6.45) is -8.27. The maximum Gasteiger partial charge on any atom is 0.460 e. The fraction of sp³-hybridized carbons (Fsp3) is 0.929. The summed E-state index contributed by atoms with van der Waals surface area (Å²) < 4.78 is 354. The summed E-state index contributed by atoms with van der Waals surface area (Å²) in [6.45, 7) is 0. The third-order valence-electron chi connectivity index (χ3n) is 4.95. The van der Waals surface area contributed by atoms with Gasteiger partial charge in [-0.1, -0.05) is 0 Å². The Morgan fingerprint density at radius 1 is 0.279 bits per heavy atom. The Morgan fingerprint density at radius 3 is 0.558 bits per heavy atom. The second-order valence-corrected chi connectivity index (χ2v) is 7.68. The molecule has 0 radical (unpaired) electrons. The van der Waals surface area contributed by atoms with Crippen LogP contribution in [-0.4, -0.2) is 83.2 Å². The summed E-state index contributed by atoms with van der Waals surface area (Å²) in [5, 5.41) is 9.78. The van der Waals surface area contributed by atoms with Crippen molar-refractivity contribution in [3.05, 3.63) is 0 Å². The van der Waals surface area contributed by atoms with Crippen LogP contribution in [0, 0.1) is 0 Å². The monoisotopic (exact) mass is 713 g/mol. The van der Waals surface area contributed by atoms with E-state index in [4.69, 9.17) is 0 Å². The van der Waals surface area contributed by atoms with Crippen molar-refractivity contribution < 1.29 is 128 Å². The van der Waals surface area contributed by atoms with Crippen molar-refractivity contribution in [2.75, 3.05) is 0 Å². The van der Waals surface area contributed by atoms with Crippen LogP contribution in [0.1, 0.15) is 0 Å². The Kier molecular flexibility index (Phi) is 9.00. The number of aliphatic carboxylic acids is 1. The molecular weight excluding hydrogens is 713 g/mol. The summed E-state index contributed by atoms with van der Waals surface area (Å²) in [5.41, 5.74) is 0. The minimum absolute atomic E-state index is 4.97. The number of alkyl halides is 27. The molecule has 0 aromatic carbocycles. The summed E-state index contributed by atoms with van der Waals surface area (Å²) in [6, 6.07) is 0. The van der Waals surface area contributed by atoms with Crippen LogP contribution in [0.15, 0.2) is 0 Å². The molecule has 0 atom stereocenters. The van der Waals surface area contributed by atoms with E-state index in [-0.39, 0.29) is 0 Å². The Bertz CT molecular complexity index is 1060. The molecule has 0 spiro atoms. The Morgan fingerprint density at radius 2 is 0.419 bits per heavy atom. The van der Waals surface area contributed by atoms with Crippen molar-refractivity contribution in [1.82, 2.24) is 0 Å². The highest BCUT2D eigenvalue weighted by Crippen LogP contribution is 2.68. The first kappa shape index (κ1) is 40.6. The van der Waals surface area contributed by atoms with Crippen LogP contribution in [-0.2, 0) is 4.79 Å². The van der Waals surface area contributed by atoms with Crippen molar-refractivity contribution >= 4 is 5.97 Å². The molecule has 0 heterocycles. The van der Waals surface area contributed by atoms with E-state index in [9.17, 15) is 128 Å². The largest absolute Gasteiger partial charge is 0.544 e. The van der Waals surface area contributed by atoms with Gasteiger partial charge < -0.3 is 9.90 Å². The molecular formula is C14F27O2-. The minimum atomic E-state index is -9.87. The molecule has 0 N–H and O–H groups in total. The van der Waals surface area contributed by atoms with Gasteiger partial charge in [-0.05, 0) is 0 Å². The Labute approximate surface area is 213 Å². The van der Waals surface area contributed by atoms with Gasteiger partial charge in [0.1, 0.15) is 5.97 Å². The number of carboxylic acid groups (broad SMARTS) is 1. The molecule has 0 aliphatic heterocycles. The first-order valence-electron chi connectivity index (χ1n) is 8.76. The lowest BCUT2D eigenvalue weighted by atomic mass is 9.84. The zero-order valence-corrected chi connectivity index (χ0v) is 18.0. The number of hydrogen-bond acceptors (Lipinski definition) is 2. The fourth-order valence-electron chi connectivity index (χ4n) is 2.28. The lowest BCUT2D eigenvalue weighted by molar-refractivity contribution is -0.485. The molecule has 0 aromatic heterocycles. The van der Waals surface area contributed by atoms with Crippen molar-refractivity contribution in [1.29, 1.82) is 0 Å². The van der Waals surface area contributed by atoms with Crippen LogP contribution in [0.25, 0.3) is 0 Å². The Hall–Kier alpha value is -2.42. The van der Waals surface area contributed by atoms with E-state index in [0.29, 0.717) is 0 Å². The van der Waals surface area contributed by atoms with Gasteiger partial charge in [0.15, 0.2) is 0 Å². The van der Waals surface area contributed by atoms with Crippen LogP contribution in [0.5, 0.6) is 0 Å². The van der Waals surface area contributed by atoms with Gasteiger partial charge in [-0.15, -0.1) is 0 Å². The topological polar surface area (TPSA) is 40.1 Å². The number of rotatable bonds is 12. The van der Waals surface area contributed by atoms with Gasteiger partial charge >= 0.3 is 77.2 Å². The van der Waals surface area contributed by atoms with E-state index < -0.39 is 83.2 Å². The van der Waals surface area contributed by atoms with Gasteiger partial charge in [0, 0.05) is 0 Å². The number of carbonyl (C=O) groups excluding carboxylic acids is 1. The van der Waals surface area contributed by atoms with E-state index >= 15 is 0 Å². The molecule has 0 saturated carbocycles. The normalized spacial score (nSPS) is 16.9. The van der Waals surface area contributed by atoms with Gasteiger partial charge in [-0.3, -0.25) is 0 Å². The minimum Gasteiger partial charge on any atom is -0.544 e.